The van der Waals surface area contributed by atoms with Gasteiger partial charge in [0, 0.05) is 11.8 Å². The largest absolute Gasteiger partial charge is 0.467 e. The zero-order valence-electron chi connectivity index (χ0n) is 15.8. The molecule has 1 fully saturated rings. The van der Waals surface area contributed by atoms with Crippen molar-refractivity contribution in [1.29, 1.82) is 0 Å². The number of fused-ring (bicyclic) bond motifs is 1. The van der Waals surface area contributed by atoms with Crippen molar-refractivity contribution in [3.05, 3.63) is 108 Å². The van der Waals surface area contributed by atoms with Gasteiger partial charge >= 0.3 is 0 Å². The van der Waals surface area contributed by atoms with Gasteiger partial charge in [-0.05, 0) is 23.3 Å². The highest BCUT2D eigenvalue weighted by molar-refractivity contribution is 6.06. The third-order valence-corrected chi connectivity index (χ3v) is 6.05. The minimum Gasteiger partial charge on any atom is -0.467 e. The molecular weight excluding hydrogens is 362 g/mol. The summed E-state index contributed by atoms with van der Waals surface area (Å²) in [5.41, 5.74) is 2.12. The molecule has 0 spiro atoms. The highest BCUT2D eigenvalue weighted by atomic mass is 16.3. The zero-order valence-corrected chi connectivity index (χ0v) is 15.8. The SMILES string of the molecule is O=C1[C@@H]2[C@H](C(=O)N1Cc1ccco1)[C@H](c1ccccc1)C=C[C@H]2c1ccccc1. The smallest absolute Gasteiger partial charge is 0.234 e. The number of carbonyl (C=O) groups is 2. The molecule has 2 aromatic carbocycles. The van der Waals surface area contributed by atoms with Crippen LogP contribution in [-0.2, 0) is 16.1 Å². The lowest BCUT2D eigenvalue weighted by Gasteiger charge is -2.32. The minimum atomic E-state index is -0.407. The zero-order chi connectivity index (χ0) is 19.8. The average molecular weight is 383 g/mol. The van der Waals surface area contributed by atoms with Crippen LogP contribution in [0.5, 0.6) is 0 Å². The molecule has 0 unspecified atom stereocenters. The number of imide groups is 1. The molecule has 0 bridgehead atoms. The lowest BCUT2D eigenvalue weighted by atomic mass is 9.68. The fraction of sp³-hybridized carbons (Fsp3) is 0.200. The van der Waals surface area contributed by atoms with Crippen molar-refractivity contribution in [2.24, 2.45) is 11.8 Å². The van der Waals surface area contributed by atoms with E-state index in [1.165, 1.54) is 4.90 Å². The van der Waals surface area contributed by atoms with E-state index in [1.807, 2.05) is 60.7 Å². The Balaban J connectivity index is 1.57. The Labute approximate surface area is 169 Å². The van der Waals surface area contributed by atoms with E-state index < -0.39 is 11.8 Å². The van der Waals surface area contributed by atoms with Gasteiger partial charge in [0.1, 0.15) is 5.76 Å². The Morgan fingerprint density at radius 3 is 1.66 bits per heavy atom. The fourth-order valence-corrected chi connectivity index (χ4v) is 4.71. The summed E-state index contributed by atoms with van der Waals surface area (Å²) in [5, 5.41) is 0. The predicted octanol–water partition coefficient (Wildman–Crippen LogP) is 4.52. The van der Waals surface area contributed by atoms with Crippen LogP contribution in [-0.4, -0.2) is 16.7 Å². The molecule has 2 amide bonds. The molecule has 4 nitrogen and oxygen atoms in total. The molecule has 4 atom stereocenters. The maximum atomic E-state index is 13.5. The van der Waals surface area contributed by atoms with Crippen molar-refractivity contribution in [1.82, 2.24) is 4.90 Å². The number of rotatable bonds is 4. The third kappa shape index (κ3) is 3.01. The number of hydrogen-bond acceptors (Lipinski definition) is 3. The first-order chi connectivity index (χ1) is 14.2. The minimum absolute atomic E-state index is 0.112. The lowest BCUT2D eigenvalue weighted by Crippen LogP contribution is -2.31. The van der Waals surface area contributed by atoms with E-state index >= 15 is 0 Å². The third-order valence-electron chi connectivity index (χ3n) is 6.05. The molecule has 4 heteroatoms. The first kappa shape index (κ1) is 17.7. The lowest BCUT2D eigenvalue weighted by molar-refractivity contribution is -0.141. The fourth-order valence-electron chi connectivity index (χ4n) is 4.71. The van der Waals surface area contributed by atoms with Gasteiger partial charge in [-0.2, -0.15) is 0 Å². The van der Waals surface area contributed by atoms with Crippen LogP contribution in [0, 0.1) is 11.8 Å². The summed E-state index contributed by atoms with van der Waals surface area (Å²) in [5.74, 6) is -0.652. The monoisotopic (exact) mass is 383 g/mol. The Morgan fingerprint density at radius 2 is 1.21 bits per heavy atom. The number of furan rings is 1. The maximum Gasteiger partial charge on any atom is 0.234 e. The Kier molecular flexibility index (Phi) is 4.39. The Hall–Kier alpha value is -3.40. The Morgan fingerprint density at radius 1 is 0.690 bits per heavy atom. The van der Waals surface area contributed by atoms with E-state index in [0.29, 0.717) is 5.76 Å². The normalized spacial score (nSPS) is 26.0. The van der Waals surface area contributed by atoms with Crippen LogP contribution in [0.2, 0.25) is 0 Å². The highest BCUT2D eigenvalue weighted by Crippen LogP contribution is 2.49. The number of allylic oxidation sites excluding steroid dienone is 2. The second-order valence-corrected chi connectivity index (χ2v) is 7.65. The molecule has 0 saturated carbocycles. The van der Waals surface area contributed by atoms with Crippen LogP contribution < -0.4 is 0 Å². The summed E-state index contributed by atoms with van der Waals surface area (Å²) < 4.78 is 5.41. The van der Waals surface area contributed by atoms with E-state index in [2.05, 4.69) is 12.2 Å². The highest BCUT2D eigenvalue weighted by Gasteiger charge is 2.55. The molecule has 3 aromatic rings. The van der Waals surface area contributed by atoms with Gasteiger partial charge in [0.05, 0.1) is 24.6 Å². The summed E-state index contributed by atoms with van der Waals surface area (Å²) in [6.45, 7) is 0.181. The van der Waals surface area contributed by atoms with Crippen molar-refractivity contribution in [2.75, 3.05) is 0 Å². The number of benzene rings is 2. The van der Waals surface area contributed by atoms with Crippen molar-refractivity contribution in [3.8, 4) is 0 Å². The standard InChI is InChI=1S/C25H21NO3/c27-24-22-20(17-8-3-1-4-9-17)13-14-21(18-10-5-2-6-11-18)23(22)25(28)26(24)16-19-12-7-15-29-19/h1-15,20-23H,16H2/t20-,21-,22-,23+/m0/s1. The van der Waals surface area contributed by atoms with Crippen molar-refractivity contribution < 1.29 is 14.0 Å². The number of hydrogen-bond donors (Lipinski definition) is 0. The van der Waals surface area contributed by atoms with Gasteiger partial charge in [-0.3, -0.25) is 14.5 Å². The molecule has 1 aliphatic heterocycles. The second-order valence-electron chi connectivity index (χ2n) is 7.65. The first-order valence-electron chi connectivity index (χ1n) is 9.90. The maximum absolute atomic E-state index is 13.5. The average Bonchev–Trinajstić information content (AvgIpc) is 3.38. The number of nitrogens with zero attached hydrogens (tertiary/aromatic N) is 1. The summed E-state index contributed by atoms with van der Waals surface area (Å²) in [4.78, 5) is 28.3. The molecule has 1 aliphatic carbocycles. The molecular formula is C25H21NO3. The van der Waals surface area contributed by atoms with Gasteiger partial charge in [-0.1, -0.05) is 72.8 Å². The van der Waals surface area contributed by atoms with E-state index in [1.54, 1.807) is 18.4 Å². The van der Waals surface area contributed by atoms with Crippen LogP contribution in [0.1, 0.15) is 28.7 Å². The van der Waals surface area contributed by atoms with Crippen molar-refractivity contribution in [2.45, 2.75) is 18.4 Å². The molecule has 0 N–H and O–H groups in total. The molecule has 1 saturated heterocycles. The van der Waals surface area contributed by atoms with Crippen LogP contribution >= 0.6 is 0 Å². The summed E-state index contributed by atoms with van der Waals surface area (Å²) in [6, 6.07) is 23.5. The van der Waals surface area contributed by atoms with Crippen LogP contribution in [0.4, 0.5) is 0 Å². The van der Waals surface area contributed by atoms with Gasteiger partial charge in [0.15, 0.2) is 0 Å². The van der Waals surface area contributed by atoms with Gasteiger partial charge in [-0.25, -0.2) is 0 Å². The summed E-state index contributed by atoms with van der Waals surface area (Å²) in [6.07, 6.45) is 5.78. The van der Waals surface area contributed by atoms with E-state index in [-0.39, 0.29) is 30.2 Å². The van der Waals surface area contributed by atoms with Crippen molar-refractivity contribution >= 4 is 11.8 Å². The van der Waals surface area contributed by atoms with Crippen LogP contribution in [0.15, 0.2) is 95.6 Å². The second kappa shape index (κ2) is 7.21. The van der Waals surface area contributed by atoms with Crippen LogP contribution in [0.3, 0.4) is 0 Å². The van der Waals surface area contributed by atoms with E-state index in [9.17, 15) is 9.59 Å². The Bertz CT molecular complexity index is 973. The summed E-state index contributed by atoms with van der Waals surface area (Å²) in [7, 11) is 0. The molecule has 1 aromatic heterocycles. The molecule has 2 aliphatic rings. The quantitative estimate of drug-likeness (QED) is 0.492. The molecule has 29 heavy (non-hydrogen) atoms. The van der Waals surface area contributed by atoms with Crippen LogP contribution in [0.25, 0.3) is 0 Å². The molecule has 0 radical (unpaired) electrons. The van der Waals surface area contributed by atoms with E-state index in [4.69, 9.17) is 4.42 Å². The molecule has 2 heterocycles. The molecule has 144 valence electrons. The van der Waals surface area contributed by atoms with Gasteiger partial charge in [0.25, 0.3) is 0 Å². The van der Waals surface area contributed by atoms with Crippen molar-refractivity contribution in [3.63, 3.8) is 0 Å². The van der Waals surface area contributed by atoms with Gasteiger partial charge in [-0.15, -0.1) is 0 Å². The number of amides is 2. The first-order valence-corrected chi connectivity index (χ1v) is 9.90. The topological polar surface area (TPSA) is 50.5 Å². The number of carbonyl (C=O) groups excluding carboxylic acids is 2. The van der Waals surface area contributed by atoms with E-state index in [0.717, 1.165) is 11.1 Å². The van der Waals surface area contributed by atoms with Gasteiger partial charge < -0.3 is 4.42 Å². The molecule has 5 rings (SSSR count). The van der Waals surface area contributed by atoms with Gasteiger partial charge in [0.2, 0.25) is 11.8 Å². The number of likely N-dealkylation sites (tertiary alicyclic amines) is 1. The predicted molar refractivity (Wildman–Crippen MR) is 109 cm³/mol. The summed E-state index contributed by atoms with van der Waals surface area (Å²) >= 11 is 0.